The van der Waals surface area contributed by atoms with E-state index in [1.54, 1.807) is 12.1 Å². The molecule has 0 unspecified atom stereocenters. The summed E-state index contributed by atoms with van der Waals surface area (Å²) in [5.74, 6) is -0.329. The predicted octanol–water partition coefficient (Wildman–Crippen LogP) is 3.55. The van der Waals surface area contributed by atoms with Gasteiger partial charge in [-0.2, -0.15) is 0 Å². The van der Waals surface area contributed by atoms with E-state index in [0.717, 1.165) is 29.5 Å². The number of carbonyl (C=O) groups excluding carboxylic acids is 1. The van der Waals surface area contributed by atoms with Crippen LogP contribution in [0.3, 0.4) is 0 Å². The molecular weight excluding hydrogens is 284 g/mol. The highest BCUT2D eigenvalue weighted by atomic mass is 79.9. The number of rotatable bonds is 6. The molecule has 1 aromatic carbocycles. The molecule has 0 saturated carbocycles. The average molecular weight is 301 g/mol. The standard InChI is InChI=1S/C13H17BrO3/c1-3-4-7-17-9-11-6-5-10(8-12(11)14)13(15)16-2/h5-6,8H,3-4,7,9H2,1-2H3. The van der Waals surface area contributed by atoms with Crippen LogP contribution in [0.5, 0.6) is 0 Å². The van der Waals surface area contributed by atoms with Crippen LogP contribution in [0.1, 0.15) is 35.7 Å². The SMILES string of the molecule is CCCCOCc1ccc(C(=O)OC)cc1Br. The normalized spacial score (nSPS) is 10.3. The number of methoxy groups -OCH3 is 1. The molecule has 0 atom stereocenters. The summed E-state index contributed by atoms with van der Waals surface area (Å²) in [6.45, 7) is 3.45. The molecule has 0 spiro atoms. The Morgan fingerprint density at radius 2 is 2.18 bits per heavy atom. The minimum atomic E-state index is -0.329. The van der Waals surface area contributed by atoms with E-state index in [1.807, 2.05) is 6.07 Å². The van der Waals surface area contributed by atoms with E-state index in [1.165, 1.54) is 7.11 Å². The molecule has 1 rings (SSSR count). The molecule has 3 nitrogen and oxygen atoms in total. The predicted molar refractivity (Wildman–Crippen MR) is 70.0 cm³/mol. The minimum Gasteiger partial charge on any atom is -0.465 e. The fourth-order valence-electron chi connectivity index (χ4n) is 1.34. The van der Waals surface area contributed by atoms with Gasteiger partial charge in [-0.3, -0.25) is 0 Å². The number of hydrogen-bond acceptors (Lipinski definition) is 3. The lowest BCUT2D eigenvalue weighted by Crippen LogP contribution is -2.02. The molecule has 0 saturated heterocycles. The van der Waals surface area contributed by atoms with Crippen molar-refractivity contribution in [1.29, 1.82) is 0 Å². The largest absolute Gasteiger partial charge is 0.465 e. The Morgan fingerprint density at radius 1 is 1.41 bits per heavy atom. The Labute approximate surface area is 110 Å². The van der Waals surface area contributed by atoms with Crippen LogP contribution in [0.15, 0.2) is 22.7 Å². The maximum absolute atomic E-state index is 11.3. The first-order valence-electron chi connectivity index (χ1n) is 5.63. The first-order chi connectivity index (χ1) is 8.19. The van der Waals surface area contributed by atoms with E-state index in [2.05, 4.69) is 27.6 Å². The van der Waals surface area contributed by atoms with Crippen molar-refractivity contribution in [3.05, 3.63) is 33.8 Å². The summed E-state index contributed by atoms with van der Waals surface area (Å²) in [6.07, 6.45) is 2.19. The number of benzene rings is 1. The molecule has 0 fully saturated rings. The van der Waals surface area contributed by atoms with E-state index in [-0.39, 0.29) is 5.97 Å². The van der Waals surface area contributed by atoms with Crippen LogP contribution in [0.25, 0.3) is 0 Å². The van der Waals surface area contributed by atoms with Crippen LogP contribution in [0.2, 0.25) is 0 Å². The van der Waals surface area contributed by atoms with Crippen molar-refractivity contribution in [2.75, 3.05) is 13.7 Å². The summed E-state index contributed by atoms with van der Waals surface area (Å²) in [6, 6.07) is 5.38. The van der Waals surface area contributed by atoms with Gasteiger partial charge in [-0.1, -0.05) is 35.3 Å². The van der Waals surface area contributed by atoms with E-state index >= 15 is 0 Å². The van der Waals surface area contributed by atoms with Gasteiger partial charge in [-0.15, -0.1) is 0 Å². The number of esters is 1. The number of unbranched alkanes of at least 4 members (excludes halogenated alkanes) is 1. The lowest BCUT2D eigenvalue weighted by molar-refractivity contribution is 0.0600. The van der Waals surface area contributed by atoms with Gasteiger partial charge in [0.15, 0.2) is 0 Å². The number of ether oxygens (including phenoxy) is 2. The summed E-state index contributed by atoms with van der Waals surface area (Å²) in [7, 11) is 1.37. The third-order valence-corrected chi connectivity index (χ3v) is 3.11. The van der Waals surface area contributed by atoms with Gasteiger partial charge in [0.25, 0.3) is 0 Å². The van der Waals surface area contributed by atoms with Gasteiger partial charge in [0.1, 0.15) is 0 Å². The summed E-state index contributed by atoms with van der Waals surface area (Å²) in [4.78, 5) is 11.3. The zero-order chi connectivity index (χ0) is 12.7. The molecule has 0 bridgehead atoms. The van der Waals surface area contributed by atoms with Crippen LogP contribution < -0.4 is 0 Å². The summed E-state index contributed by atoms with van der Waals surface area (Å²) in [5.41, 5.74) is 1.57. The second-order valence-corrected chi connectivity index (χ2v) is 4.56. The van der Waals surface area contributed by atoms with Gasteiger partial charge in [-0.25, -0.2) is 4.79 Å². The Morgan fingerprint density at radius 3 is 2.76 bits per heavy atom. The van der Waals surface area contributed by atoms with Crippen LogP contribution in [0.4, 0.5) is 0 Å². The van der Waals surface area contributed by atoms with Gasteiger partial charge in [-0.05, 0) is 24.1 Å². The van der Waals surface area contributed by atoms with E-state index < -0.39 is 0 Å². The summed E-state index contributed by atoms with van der Waals surface area (Å²) < 4.78 is 11.0. The van der Waals surface area contributed by atoms with Gasteiger partial charge in [0.05, 0.1) is 19.3 Å². The summed E-state index contributed by atoms with van der Waals surface area (Å²) in [5, 5.41) is 0. The van der Waals surface area contributed by atoms with E-state index in [0.29, 0.717) is 12.2 Å². The third-order valence-electron chi connectivity index (χ3n) is 2.37. The van der Waals surface area contributed by atoms with Crippen molar-refractivity contribution < 1.29 is 14.3 Å². The molecule has 0 aliphatic heterocycles. The van der Waals surface area contributed by atoms with Gasteiger partial charge in [0, 0.05) is 11.1 Å². The Bertz CT molecular complexity index is 377. The average Bonchev–Trinajstić information content (AvgIpc) is 2.35. The third kappa shape index (κ3) is 4.48. The summed E-state index contributed by atoms with van der Waals surface area (Å²) >= 11 is 3.43. The van der Waals surface area contributed by atoms with Gasteiger partial charge in [0.2, 0.25) is 0 Å². The van der Waals surface area contributed by atoms with Crippen LogP contribution in [-0.2, 0) is 16.1 Å². The first-order valence-corrected chi connectivity index (χ1v) is 6.42. The first kappa shape index (κ1) is 14.2. The van der Waals surface area contributed by atoms with Gasteiger partial charge < -0.3 is 9.47 Å². The lowest BCUT2D eigenvalue weighted by atomic mass is 10.1. The van der Waals surface area contributed by atoms with Crippen LogP contribution in [0, 0.1) is 0 Å². The van der Waals surface area contributed by atoms with Crippen molar-refractivity contribution in [3.63, 3.8) is 0 Å². The van der Waals surface area contributed by atoms with E-state index in [4.69, 9.17) is 4.74 Å². The quantitative estimate of drug-likeness (QED) is 0.595. The zero-order valence-corrected chi connectivity index (χ0v) is 11.7. The monoisotopic (exact) mass is 300 g/mol. The number of halogens is 1. The van der Waals surface area contributed by atoms with Crippen molar-refractivity contribution in [2.24, 2.45) is 0 Å². The number of carbonyl (C=O) groups is 1. The molecule has 4 heteroatoms. The fraction of sp³-hybridized carbons (Fsp3) is 0.462. The molecule has 0 amide bonds. The smallest absolute Gasteiger partial charge is 0.337 e. The van der Waals surface area contributed by atoms with E-state index in [9.17, 15) is 4.79 Å². The minimum absolute atomic E-state index is 0.329. The molecule has 0 aromatic heterocycles. The fourth-order valence-corrected chi connectivity index (χ4v) is 1.83. The molecule has 17 heavy (non-hydrogen) atoms. The molecule has 0 heterocycles. The van der Waals surface area contributed by atoms with Crippen molar-refractivity contribution >= 4 is 21.9 Å². The highest BCUT2D eigenvalue weighted by Gasteiger charge is 2.08. The van der Waals surface area contributed by atoms with Crippen LogP contribution >= 0.6 is 15.9 Å². The Balaban J connectivity index is 2.60. The van der Waals surface area contributed by atoms with Crippen molar-refractivity contribution in [1.82, 2.24) is 0 Å². The molecule has 0 N–H and O–H groups in total. The zero-order valence-electron chi connectivity index (χ0n) is 10.2. The molecule has 0 radical (unpaired) electrons. The van der Waals surface area contributed by atoms with Crippen LogP contribution in [-0.4, -0.2) is 19.7 Å². The lowest BCUT2D eigenvalue weighted by Gasteiger charge is -2.07. The maximum atomic E-state index is 11.3. The molecular formula is C13H17BrO3. The molecule has 0 aliphatic rings. The molecule has 94 valence electrons. The molecule has 0 aliphatic carbocycles. The number of hydrogen-bond donors (Lipinski definition) is 0. The highest BCUT2D eigenvalue weighted by Crippen LogP contribution is 2.20. The highest BCUT2D eigenvalue weighted by molar-refractivity contribution is 9.10. The second-order valence-electron chi connectivity index (χ2n) is 3.70. The Kier molecular flexibility index (Phi) is 6.22. The molecule has 1 aromatic rings. The van der Waals surface area contributed by atoms with Crippen molar-refractivity contribution in [3.8, 4) is 0 Å². The van der Waals surface area contributed by atoms with Gasteiger partial charge >= 0.3 is 5.97 Å². The Hall–Kier alpha value is -0.870. The van der Waals surface area contributed by atoms with Crippen molar-refractivity contribution in [2.45, 2.75) is 26.4 Å². The topological polar surface area (TPSA) is 35.5 Å². The maximum Gasteiger partial charge on any atom is 0.337 e. The second kappa shape index (κ2) is 7.45.